The molecule has 0 aliphatic rings. The van der Waals surface area contributed by atoms with Crippen molar-refractivity contribution in [2.75, 3.05) is 25.7 Å². The number of nitrogens with zero attached hydrogens (tertiary/aromatic N) is 1. The van der Waals surface area contributed by atoms with Gasteiger partial charge in [0.2, 0.25) is 10.0 Å². The van der Waals surface area contributed by atoms with E-state index in [1.807, 2.05) is 60.3 Å². The van der Waals surface area contributed by atoms with Crippen molar-refractivity contribution in [1.82, 2.24) is 4.31 Å². The lowest BCUT2D eigenvalue weighted by Gasteiger charge is -2.28. The van der Waals surface area contributed by atoms with Crippen molar-refractivity contribution in [3.63, 3.8) is 0 Å². The van der Waals surface area contributed by atoms with Crippen molar-refractivity contribution in [3.8, 4) is 11.5 Å². The van der Waals surface area contributed by atoms with E-state index < -0.39 is 15.3 Å². The van der Waals surface area contributed by atoms with Gasteiger partial charge in [0.25, 0.3) is 0 Å². The molecule has 0 amide bonds. The second-order valence-corrected chi connectivity index (χ2v) is 12.1. The maximum atomic E-state index is 14.0. The zero-order valence-corrected chi connectivity index (χ0v) is 22.5. The summed E-state index contributed by atoms with van der Waals surface area (Å²) in [7, 11) is -0.310. The molecule has 0 bridgehead atoms. The summed E-state index contributed by atoms with van der Waals surface area (Å²) in [5, 5.41) is -0.443. The van der Waals surface area contributed by atoms with Gasteiger partial charge in [0, 0.05) is 13.1 Å². The highest BCUT2D eigenvalue weighted by Gasteiger charge is 2.31. The molecule has 5 nitrogen and oxygen atoms in total. The third kappa shape index (κ3) is 9.01. The Kier molecular flexibility index (Phi) is 12.0. The van der Waals surface area contributed by atoms with E-state index in [4.69, 9.17) is 9.47 Å². The van der Waals surface area contributed by atoms with Crippen LogP contribution in [0.4, 0.5) is 0 Å². The van der Waals surface area contributed by atoms with Crippen LogP contribution in [0.5, 0.6) is 11.5 Å². The second kappa shape index (κ2) is 14.4. The zero-order chi connectivity index (χ0) is 25.0. The Morgan fingerprint density at radius 1 is 0.912 bits per heavy atom. The molecule has 0 fully saturated rings. The van der Waals surface area contributed by atoms with E-state index >= 15 is 0 Å². The Morgan fingerprint density at radius 2 is 1.41 bits per heavy atom. The van der Waals surface area contributed by atoms with Gasteiger partial charge in [0.1, 0.15) is 11.5 Å². The number of hydrogen-bond acceptors (Lipinski definition) is 5. The SMILES string of the molecule is C=CCC[C@@H](CCSCC(C)C)S(=O)(=O)N(Cc1ccc(OC)cc1)Cc1ccc(OC)cc1. The van der Waals surface area contributed by atoms with E-state index in [9.17, 15) is 8.42 Å². The minimum absolute atomic E-state index is 0.308. The van der Waals surface area contributed by atoms with Crippen LogP contribution >= 0.6 is 11.8 Å². The molecule has 0 saturated carbocycles. The van der Waals surface area contributed by atoms with E-state index in [1.54, 1.807) is 24.6 Å². The Morgan fingerprint density at radius 3 is 1.82 bits per heavy atom. The monoisotopic (exact) mass is 505 g/mol. The third-order valence-corrected chi connectivity index (χ3v) is 9.26. The molecule has 0 unspecified atom stereocenters. The highest BCUT2D eigenvalue weighted by molar-refractivity contribution is 7.99. The van der Waals surface area contributed by atoms with Gasteiger partial charge in [-0.25, -0.2) is 8.42 Å². The third-order valence-electron chi connectivity index (χ3n) is 5.55. The normalized spacial score (nSPS) is 12.6. The summed E-state index contributed by atoms with van der Waals surface area (Å²) < 4.78 is 40.0. The van der Waals surface area contributed by atoms with Crippen LogP contribution in [0.1, 0.15) is 44.2 Å². The molecule has 188 valence electrons. The van der Waals surface area contributed by atoms with E-state index in [1.165, 1.54) is 0 Å². The average Bonchev–Trinajstić information content (AvgIpc) is 2.83. The molecule has 0 aromatic heterocycles. The molecule has 2 aromatic rings. The van der Waals surface area contributed by atoms with E-state index in [0.717, 1.165) is 34.1 Å². The molecule has 2 aromatic carbocycles. The summed E-state index contributed by atoms with van der Waals surface area (Å²) in [6, 6.07) is 15.2. The Bertz CT molecular complexity index is 908. The first-order valence-corrected chi connectivity index (χ1v) is 14.4. The van der Waals surface area contributed by atoms with Crippen molar-refractivity contribution in [1.29, 1.82) is 0 Å². The Labute approximate surface area is 210 Å². The summed E-state index contributed by atoms with van der Waals surface area (Å²) in [5.41, 5.74) is 1.85. The number of methoxy groups -OCH3 is 2. The lowest BCUT2D eigenvalue weighted by atomic mass is 10.2. The summed E-state index contributed by atoms with van der Waals surface area (Å²) in [5.74, 6) is 3.96. The lowest BCUT2D eigenvalue weighted by molar-refractivity contribution is 0.388. The molecule has 0 aliphatic heterocycles. The van der Waals surface area contributed by atoms with Gasteiger partial charge in [-0.3, -0.25) is 0 Å². The molecule has 0 radical (unpaired) electrons. The van der Waals surface area contributed by atoms with Gasteiger partial charge in [-0.05, 0) is 72.1 Å². The minimum atomic E-state index is -3.55. The quantitative estimate of drug-likeness (QED) is 0.202. The fraction of sp³-hybridized carbons (Fsp3) is 0.481. The van der Waals surface area contributed by atoms with Gasteiger partial charge >= 0.3 is 0 Å². The number of rotatable bonds is 16. The standard InChI is InChI=1S/C27H39NO4S2/c1-6-7-8-27(17-18-33-21-22(2)3)34(29,30)28(19-23-9-13-25(31-4)14-10-23)20-24-11-15-26(32-5)16-12-24/h6,9-16,22,27H,1,7-8,17-21H2,2-5H3/t27-/m0/s1. The van der Waals surface area contributed by atoms with Crippen LogP contribution in [0.2, 0.25) is 0 Å². The Hall–Kier alpha value is -1.96. The first kappa shape index (κ1) is 28.3. The molecule has 0 aliphatic carbocycles. The Balaban J connectivity index is 2.30. The predicted octanol–water partition coefficient (Wildman–Crippen LogP) is 6.15. The van der Waals surface area contributed by atoms with Crippen molar-refractivity contribution < 1.29 is 17.9 Å². The maximum Gasteiger partial charge on any atom is 0.217 e. The predicted molar refractivity (Wildman–Crippen MR) is 144 cm³/mol. The second-order valence-electron chi connectivity index (χ2n) is 8.75. The fourth-order valence-corrected chi connectivity index (χ4v) is 6.76. The number of benzene rings is 2. The number of hydrogen-bond donors (Lipinski definition) is 0. The number of allylic oxidation sites excluding steroid dienone is 1. The van der Waals surface area contributed by atoms with Crippen LogP contribution in [0.15, 0.2) is 61.2 Å². The van der Waals surface area contributed by atoms with Crippen LogP contribution in [-0.2, 0) is 23.1 Å². The first-order chi connectivity index (χ1) is 16.3. The van der Waals surface area contributed by atoms with Gasteiger partial charge in [-0.2, -0.15) is 16.1 Å². The van der Waals surface area contributed by atoms with Crippen molar-refractivity contribution >= 4 is 21.8 Å². The minimum Gasteiger partial charge on any atom is -0.497 e. The molecular weight excluding hydrogens is 466 g/mol. The smallest absolute Gasteiger partial charge is 0.217 e. The summed E-state index contributed by atoms with van der Waals surface area (Å²) in [6.07, 6.45) is 3.70. The fourth-order valence-electron chi connectivity index (χ4n) is 3.60. The first-order valence-electron chi connectivity index (χ1n) is 11.7. The number of sulfonamides is 1. The average molecular weight is 506 g/mol. The lowest BCUT2D eigenvalue weighted by Crippen LogP contribution is -2.38. The molecular formula is C27H39NO4S2. The molecule has 0 saturated heterocycles. The van der Waals surface area contributed by atoms with E-state index in [-0.39, 0.29) is 0 Å². The molecule has 34 heavy (non-hydrogen) atoms. The van der Waals surface area contributed by atoms with Gasteiger partial charge in [-0.1, -0.05) is 44.2 Å². The number of thioether (sulfide) groups is 1. The topological polar surface area (TPSA) is 55.8 Å². The summed E-state index contributed by atoms with van der Waals surface area (Å²) in [6.45, 7) is 8.80. The van der Waals surface area contributed by atoms with Crippen molar-refractivity contribution in [2.24, 2.45) is 5.92 Å². The maximum absolute atomic E-state index is 14.0. The van der Waals surface area contributed by atoms with Crippen LogP contribution in [-0.4, -0.2) is 43.7 Å². The van der Waals surface area contributed by atoms with E-state index in [0.29, 0.717) is 38.3 Å². The number of ether oxygens (including phenoxy) is 2. The van der Waals surface area contributed by atoms with Gasteiger partial charge in [-0.15, -0.1) is 6.58 Å². The van der Waals surface area contributed by atoms with Gasteiger partial charge in [0.05, 0.1) is 19.5 Å². The molecule has 0 N–H and O–H groups in total. The van der Waals surface area contributed by atoms with Crippen LogP contribution in [0.25, 0.3) is 0 Å². The largest absolute Gasteiger partial charge is 0.497 e. The molecule has 0 spiro atoms. The highest BCUT2D eigenvalue weighted by atomic mass is 32.2. The molecule has 0 heterocycles. The summed E-state index contributed by atoms with van der Waals surface area (Å²) in [4.78, 5) is 0. The molecule has 1 atom stereocenters. The van der Waals surface area contributed by atoms with Gasteiger partial charge in [0.15, 0.2) is 0 Å². The summed E-state index contributed by atoms with van der Waals surface area (Å²) >= 11 is 1.83. The van der Waals surface area contributed by atoms with Crippen LogP contribution in [0.3, 0.4) is 0 Å². The highest BCUT2D eigenvalue weighted by Crippen LogP contribution is 2.26. The van der Waals surface area contributed by atoms with Crippen molar-refractivity contribution in [3.05, 3.63) is 72.3 Å². The van der Waals surface area contributed by atoms with Crippen LogP contribution < -0.4 is 9.47 Å². The molecule has 2 rings (SSSR count). The zero-order valence-electron chi connectivity index (χ0n) is 20.9. The molecule has 7 heteroatoms. The van der Waals surface area contributed by atoms with Crippen LogP contribution in [0, 0.1) is 5.92 Å². The van der Waals surface area contributed by atoms with E-state index in [2.05, 4.69) is 20.4 Å². The van der Waals surface area contributed by atoms with Crippen molar-refractivity contribution in [2.45, 2.75) is 51.4 Å². The van der Waals surface area contributed by atoms with Gasteiger partial charge < -0.3 is 9.47 Å².